The first-order chi connectivity index (χ1) is 17.8. The van der Waals surface area contributed by atoms with Gasteiger partial charge in [0.15, 0.2) is 5.65 Å². The number of alkyl halides is 1. The van der Waals surface area contributed by atoms with Crippen LogP contribution in [-0.4, -0.2) is 44.4 Å². The Bertz CT molecular complexity index is 1350. The van der Waals surface area contributed by atoms with E-state index >= 15 is 0 Å². The Morgan fingerprint density at radius 2 is 2.03 bits per heavy atom. The summed E-state index contributed by atoms with van der Waals surface area (Å²) in [5.74, 6) is -0.622. The molecule has 1 aliphatic heterocycles. The lowest BCUT2D eigenvalue weighted by Gasteiger charge is -2.29. The fourth-order valence-corrected chi connectivity index (χ4v) is 5.20. The van der Waals surface area contributed by atoms with E-state index in [-0.39, 0.29) is 46.6 Å². The number of rotatable bonds is 6. The minimum atomic E-state index is -1.34. The number of primary amides is 1. The van der Waals surface area contributed by atoms with Crippen molar-refractivity contribution in [1.29, 1.82) is 5.26 Å². The fraction of sp³-hybridized carbons (Fsp3) is 0.458. The molecule has 2 aromatic heterocycles. The molecule has 1 aliphatic carbocycles. The summed E-state index contributed by atoms with van der Waals surface area (Å²) in [6.45, 7) is 0.299. The van der Waals surface area contributed by atoms with Crippen LogP contribution in [0.4, 0.5) is 26.4 Å². The number of hydrogen-bond acceptors (Lipinski definition) is 8. The van der Waals surface area contributed by atoms with Crippen LogP contribution in [0.5, 0.6) is 0 Å². The predicted octanol–water partition coefficient (Wildman–Crippen LogP) is 4.34. The number of amides is 1. The number of anilines is 3. The van der Waals surface area contributed by atoms with Gasteiger partial charge in [0.2, 0.25) is 24.2 Å². The van der Waals surface area contributed by atoms with Crippen molar-refractivity contribution >= 4 is 46.3 Å². The molecule has 37 heavy (non-hydrogen) atoms. The van der Waals surface area contributed by atoms with Gasteiger partial charge in [-0.1, -0.05) is 11.6 Å². The number of nitrogens with zero attached hydrogens (tertiary/aromatic N) is 5. The first kappa shape index (κ1) is 25.1. The number of hydrogen-bond donors (Lipinski definition) is 3. The van der Waals surface area contributed by atoms with E-state index in [9.17, 15) is 13.6 Å². The molecule has 3 heterocycles. The lowest BCUT2D eigenvalue weighted by molar-refractivity contribution is -0.122. The zero-order chi connectivity index (χ0) is 26.1. The van der Waals surface area contributed by atoms with Crippen molar-refractivity contribution in [2.75, 3.05) is 17.2 Å². The number of carbonyl (C=O) groups excluding carboxylic acids is 1. The molecule has 1 amide bonds. The van der Waals surface area contributed by atoms with E-state index in [2.05, 4.69) is 25.6 Å². The maximum atomic E-state index is 14.8. The lowest BCUT2D eigenvalue weighted by Crippen LogP contribution is -2.32. The zero-order valence-corrected chi connectivity index (χ0v) is 20.5. The average Bonchev–Trinajstić information content (AvgIpc) is 3.23. The van der Waals surface area contributed by atoms with Gasteiger partial charge >= 0.3 is 0 Å². The van der Waals surface area contributed by atoms with E-state index in [1.165, 1.54) is 6.07 Å². The number of nitriles is 1. The van der Waals surface area contributed by atoms with Gasteiger partial charge in [-0.05, 0) is 44.2 Å². The second-order valence-corrected chi connectivity index (χ2v) is 9.72. The van der Waals surface area contributed by atoms with Crippen molar-refractivity contribution in [1.82, 2.24) is 19.5 Å². The number of ether oxygens (including phenoxy) is 1. The SMILES string of the molecule is N#Cc1cc(F)c(Nc2nc3cnc(N[C@H]4CCO[C@@H](F)C4)nc3n2C2CCC(C(N)=O)CC2)c(Cl)c1. The molecule has 2 fully saturated rings. The van der Waals surface area contributed by atoms with Crippen LogP contribution in [0, 0.1) is 23.1 Å². The highest BCUT2D eigenvalue weighted by Crippen LogP contribution is 2.38. The molecular formula is C24H25ClF2N8O2. The van der Waals surface area contributed by atoms with Crippen molar-refractivity contribution in [3.05, 3.63) is 34.7 Å². The number of nitrogens with two attached hydrogens (primary N) is 1. The molecule has 4 N–H and O–H groups in total. The van der Waals surface area contributed by atoms with Gasteiger partial charge in [0.25, 0.3) is 0 Å². The van der Waals surface area contributed by atoms with Gasteiger partial charge in [-0.15, -0.1) is 0 Å². The molecule has 2 aliphatic rings. The van der Waals surface area contributed by atoms with Gasteiger partial charge < -0.3 is 21.1 Å². The Kier molecular flexibility index (Phi) is 7.08. The molecule has 0 bridgehead atoms. The van der Waals surface area contributed by atoms with Crippen molar-refractivity contribution in [2.45, 2.75) is 57.0 Å². The molecule has 1 aromatic carbocycles. The van der Waals surface area contributed by atoms with Crippen LogP contribution >= 0.6 is 11.6 Å². The first-order valence-corrected chi connectivity index (χ1v) is 12.4. The normalized spacial score (nSPS) is 23.9. The summed E-state index contributed by atoms with van der Waals surface area (Å²) < 4.78 is 35.4. The number of carbonyl (C=O) groups is 1. The van der Waals surface area contributed by atoms with Crippen LogP contribution in [0.3, 0.4) is 0 Å². The van der Waals surface area contributed by atoms with Crippen LogP contribution < -0.4 is 16.4 Å². The highest BCUT2D eigenvalue weighted by atomic mass is 35.5. The minimum absolute atomic E-state index is 0.0226. The summed E-state index contributed by atoms with van der Waals surface area (Å²) in [7, 11) is 0. The monoisotopic (exact) mass is 530 g/mol. The Morgan fingerprint density at radius 1 is 1.24 bits per heavy atom. The Morgan fingerprint density at radius 3 is 2.70 bits per heavy atom. The van der Waals surface area contributed by atoms with Crippen LogP contribution in [0.25, 0.3) is 11.2 Å². The third-order valence-electron chi connectivity index (χ3n) is 6.87. The number of aromatic nitrogens is 4. The maximum absolute atomic E-state index is 14.8. The van der Waals surface area contributed by atoms with Gasteiger partial charge in [-0.2, -0.15) is 10.2 Å². The molecule has 0 radical (unpaired) electrons. The number of nitrogens with one attached hydrogen (secondary N) is 2. The van der Waals surface area contributed by atoms with Crippen LogP contribution in [0.15, 0.2) is 18.3 Å². The standard InChI is InChI=1S/C24H25ClF2N8O2/c25-16-7-12(10-28)8-17(26)20(16)33-24-32-18-11-30-23(31-14-5-6-37-19(27)9-14)34-22(18)35(24)15-3-1-13(2-4-15)21(29)36/h7-8,11,13-15,19H,1-6,9H2,(H2,29,36)(H,32,33)(H,30,31,34)/t13?,14-,15?,19+/m0/s1. The highest BCUT2D eigenvalue weighted by Gasteiger charge is 2.30. The van der Waals surface area contributed by atoms with Crippen molar-refractivity contribution in [3.63, 3.8) is 0 Å². The molecule has 1 saturated carbocycles. The average molecular weight is 531 g/mol. The third kappa shape index (κ3) is 5.28. The van der Waals surface area contributed by atoms with Crippen LogP contribution in [0.1, 0.15) is 50.1 Å². The number of halogens is 3. The van der Waals surface area contributed by atoms with E-state index in [4.69, 9.17) is 27.3 Å². The summed E-state index contributed by atoms with van der Waals surface area (Å²) in [6, 6.07) is 4.04. The van der Waals surface area contributed by atoms with Crippen LogP contribution in [0.2, 0.25) is 5.02 Å². The fourth-order valence-electron chi connectivity index (χ4n) is 4.94. The van der Waals surface area contributed by atoms with Crippen molar-refractivity contribution in [2.24, 2.45) is 11.7 Å². The zero-order valence-electron chi connectivity index (χ0n) is 19.8. The number of benzene rings is 1. The molecule has 10 nitrogen and oxygen atoms in total. The molecule has 1 saturated heterocycles. The topological polar surface area (TPSA) is 144 Å². The first-order valence-electron chi connectivity index (χ1n) is 12.0. The smallest absolute Gasteiger partial charge is 0.224 e. The minimum Gasteiger partial charge on any atom is -0.369 e. The van der Waals surface area contributed by atoms with Gasteiger partial charge in [0, 0.05) is 24.4 Å². The van der Waals surface area contributed by atoms with Gasteiger partial charge in [-0.25, -0.2) is 18.7 Å². The maximum Gasteiger partial charge on any atom is 0.224 e. The Balaban J connectivity index is 1.52. The lowest BCUT2D eigenvalue weighted by atomic mass is 9.85. The molecular weight excluding hydrogens is 506 g/mol. The predicted molar refractivity (Wildman–Crippen MR) is 132 cm³/mol. The molecule has 2 atom stereocenters. The van der Waals surface area contributed by atoms with Crippen molar-refractivity contribution < 1.29 is 18.3 Å². The number of imidazole rings is 1. The molecule has 13 heteroatoms. The van der Waals surface area contributed by atoms with Gasteiger partial charge in [-0.3, -0.25) is 9.36 Å². The quantitative estimate of drug-likeness (QED) is 0.427. The third-order valence-corrected chi connectivity index (χ3v) is 7.17. The molecule has 3 aromatic rings. The van der Waals surface area contributed by atoms with E-state index < -0.39 is 12.2 Å². The Labute approximate surface area is 216 Å². The second-order valence-electron chi connectivity index (χ2n) is 9.31. The highest BCUT2D eigenvalue weighted by molar-refractivity contribution is 6.33. The summed E-state index contributed by atoms with van der Waals surface area (Å²) in [6.07, 6.45) is 3.46. The summed E-state index contributed by atoms with van der Waals surface area (Å²) in [5.41, 5.74) is 6.55. The van der Waals surface area contributed by atoms with E-state index in [1.807, 2.05) is 10.6 Å². The largest absolute Gasteiger partial charge is 0.369 e. The second kappa shape index (κ2) is 10.4. The molecule has 0 unspecified atom stereocenters. The summed E-state index contributed by atoms with van der Waals surface area (Å²) >= 11 is 6.28. The van der Waals surface area contributed by atoms with Crippen LogP contribution in [-0.2, 0) is 9.53 Å². The van der Waals surface area contributed by atoms with Crippen molar-refractivity contribution in [3.8, 4) is 6.07 Å². The number of fused-ring (bicyclic) bond motifs is 1. The molecule has 0 spiro atoms. The van der Waals surface area contributed by atoms with E-state index in [1.54, 1.807) is 6.20 Å². The van der Waals surface area contributed by atoms with E-state index in [0.717, 1.165) is 6.07 Å². The van der Waals surface area contributed by atoms with E-state index in [0.29, 0.717) is 61.8 Å². The molecule has 194 valence electrons. The summed E-state index contributed by atoms with van der Waals surface area (Å²) in [5, 5.41) is 15.3. The van der Waals surface area contributed by atoms with Gasteiger partial charge in [0.05, 0.1) is 35.1 Å². The molecule has 5 rings (SSSR count). The summed E-state index contributed by atoms with van der Waals surface area (Å²) in [4.78, 5) is 25.3. The van der Waals surface area contributed by atoms with Gasteiger partial charge in [0.1, 0.15) is 11.3 Å². The Hall–Kier alpha value is -3.56.